The van der Waals surface area contributed by atoms with Gasteiger partial charge in [0.15, 0.2) is 0 Å². The summed E-state index contributed by atoms with van der Waals surface area (Å²) in [6.07, 6.45) is 4.00. The van der Waals surface area contributed by atoms with Crippen LogP contribution in [0, 0.1) is 6.92 Å². The Kier molecular flexibility index (Phi) is 4.42. The summed E-state index contributed by atoms with van der Waals surface area (Å²) in [6.45, 7) is 2.55. The van der Waals surface area contributed by atoms with E-state index in [9.17, 15) is 4.79 Å². The highest BCUT2D eigenvalue weighted by atomic mass is 16.4. The van der Waals surface area contributed by atoms with E-state index in [2.05, 4.69) is 44.8 Å². The van der Waals surface area contributed by atoms with E-state index in [-0.39, 0.29) is 17.7 Å². The molecule has 3 rings (SSSR count). The molecule has 0 saturated carbocycles. The first-order valence-electron chi connectivity index (χ1n) is 7.30. The molecule has 6 heteroatoms. The number of aromatic nitrogens is 3. The van der Waals surface area contributed by atoms with Crippen LogP contribution in [-0.4, -0.2) is 27.6 Å². The minimum atomic E-state index is -0.375. The van der Waals surface area contributed by atoms with E-state index in [1.165, 1.54) is 5.56 Å². The molecule has 6 nitrogen and oxygen atoms in total. The molecule has 2 aromatic heterocycles. The van der Waals surface area contributed by atoms with Gasteiger partial charge < -0.3 is 9.73 Å². The Morgan fingerprint density at radius 1 is 1.17 bits per heavy atom. The molecular weight excluding hydrogens is 292 g/mol. The molecule has 23 heavy (non-hydrogen) atoms. The summed E-state index contributed by atoms with van der Waals surface area (Å²) in [5.41, 5.74) is 3.06. The highest BCUT2D eigenvalue weighted by Gasteiger charge is 2.15. The first kappa shape index (κ1) is 14.9. The number of hydrogen-bond donors (Lipinski definition) is 1. The summed E-state index contributed by atoms with van der Waals surface area (Å²) in [5.74, 6) is -0.144. The van der Waals surface area contributed by atoms with Gasteiger partial charge in [0.25, 0.3) is 0 Å². The largest absolute Gasteiger partial charge is 0.412 e. The molecule has 0 saturated heterocycles. The van der Waals surface area contributed by atoms with Gasteiger partial charge in [-0.1, -0.05) is 29.8 Å². The molecule has 116 valence electrons. The van der Waals surface area contributed by atoms with Gasteiger partial charge in [-0.15, -0.1) is 10.2 Å². The maximum absolute atomic E-state index is 12.0. The molecule has 0 unspecified atom stereocenters. The van der Waals surface area contributed by atoms with Crippen molar-refractivity contribution in [1.29, 1.82) is 0 Å². The van der Waals surface area contributed by atoms with Gasteiger partial charge >= 0.3 is 11.8 Å². The number of rotatable bonds is 5. The lowest BCUT2D eigenvalue weighted by molar-refractivity contribution is 0.0920. The van der Waals surface area contributed by atoms with E-state index >= 15 is 0 Å². The highest BCUT2D eigenvalue weighted by Crippen LogP contribution is 2.15. The maximum Gasteiger partial charge on any atom is 0.308 e. The topological polar surface area (TPSA) is 80.9 Å². The zero-order valence-corrected chi connectivity index (χ0v) is 12.7. The number of pyridine rings is 1. The SMILES string of the molecule is Cc1ccc(CCNC(=O)c2nnc(-c3cccnc3)o2)cc1. The van der Waals surface area contributed by atoms with Crippen LogP contribution in [-0.2, 0) is 6.42 Å². The molecule has 0 aliphatic heterocycles. The fourth-order valence-electron chi connectivity index (χ4n) is 2.07. The van der Waals surface area contributed by atoms with E-state index in [0.29, 0.717) is 12.1 Å². The van der Waals surface area contributed by atoms with Crippen molar-refractivity contribution >= 4 is 5.91 Å². The van der Waals surface area contributed by atoms with Gasteiger partial charge in [-0.05, 0) is 31.0 Å². The van der Waals surface area contributed by atoms with Crippen LogP contribution in [0.2, 0.25) is 0 Å². The predicted molar refractivity (Wildman–Crippen MR) is 84.7 cm³/mol. The molecule has 3 aromatic rings. The fraction of sp³-hybridized carbons (Fsp3) is 0.176. The van der Waals surface area contributed by atoms with Crippen LogP contribution in [0.3, 0.4) is 0 Å². The summed E-state index contributed by atoms with van der Waals surface area (Å²) in [4.78, 5) is 16.0. The Hall–Kier alpha value is -3.02. The molecule has 0 aliphatic carbocycles. The van der Waals surface area contributed by atoms with Crippen molar-refractivity contribution in [2.24, 2.45) is 0 Å². The Morgan fingerprint density at radius 2 is 2.00 bits per heavy atom. The minimum absolute atomic E-state index is 0.0484. The van der Waals surface area contributed by atoms with Crippen LogP contribution in [0.5, 0.6) is 0 Å². The number of aryl methyl sites for hydroxylation is 1. The number of nitrogens with one attached hydrogen (secondary N) is 1. The van der Waals surface area contributed by atoms with Crippen LogP contribution in [0.1, 0.15) is 21.8 Å². The third kappa shape index (κ3) is 3.79. The molecule has 0 aliphatic rings. The molecule has 0 fully saturated rings. The molecule has 1 aromatic carbocycles. The molecule has 1 amide bonds. The zero-order valence-electron chi connectivity index (χ0n) is 12.7. The highest BCUT2D eigenvalue weighted by molar-refractivity contribution is 5.89. The molecule has 0 bridgehead atoms. The molecule has 2 heterocycles. The Balaban J connectivity index is 1.56. The molecule has 0 atom stereocenters. The Morgan fingerprint density at radius 3 is 2.74 bits per heavy atom. The van der Waals surface area contributed by atoms with Crippen LogP contribution >= 0.6 is 0 Å². The number of nitrogens with zero attached hydrogens (tertiary/aromatic N) is 3. The number of carbonyl (C=O) groups excluding carboxylic acids is 1. The molecule has 0 radical (unpaired) electrons. The second-order valence-corrected chi connectivity index (χ2v) is 5.15. The van der Waals surface area contributed by atoms with Gasteiger partial charge in [-0.3, -0.25) is 9.78 Å². The standard InChI is InChI=1S/C17H16N4O2/c1-12-4-6-13(7-5-12)8-10-19-15(22)17-21-20-16(23-17)14-3-2-9-18-11-14/h2-7,9,11H,8,10H2,1H3,(H,19,22). The van der Waals surface area contributed by atoms with Gasteiger partial charge in [-0.2, -0.15) is 0 Å². The summed E-state index contributed by atoms with van der Waals surface area (Å²) in [5, 5.41) is 10.4. The smallest absolute Gasteiger partial charge is 0.308 e. The first-order valence-corrected chi connectivity index (χ1v) is 7.30. The third-order valence-corrected chi connectivity index (χ3v) is 3.35. The monoisotopic (exact) mass is 308 g/mol. The summed E-state index contributed by atoms with van der Waals surface area (Å²) < 4.78 is 5.38. The van der Waals surface area contributed by atoms with Crippen molar-refractivity contribution in [3.63, 3.8) is 0 Å². The van der Waals surface area contributed by atoms with E-state index < -0.39 is 0 Å². The fourth-order valence-corrected chi connectivity index (χ4v) is 2.07. The van der Waals surface area contributed by atoms with Gasteiger partial charge in [0.05, 0.1) is 5.56 Å². The lowest BCUT2D eigenvalue weighted by Gasteiger charge is -2.03. The second-order valence-electron chi connectivity index (χ2n) is 5.15. The lowest BCUT2D eigenvalue weighted by atomic mass is 10.1. The van der Waals surface area contributed by atoms with Crippen LogP contribution in [0.25, 0.3) is 11.5 Å². The van der Waals surface area contributed by atoms with Crippen LogP contribution in [0.15, 0.2) is 53.2 Å². The van der Waals surface area contributed by atoms with Crippen molar-refractivity contribution in [3.05, 3.63) is 65.8 Å². The van der Waals surface area contributed by atoms with Gasteiger partial charge in [0.1, 0.15) is 0 Å². The number of hydrogen-bond acceptors (Lipinski definition) is 5. The first-order chi connectivity index (χ1) is 11.2. The van der Waals surface area contributed by atoms with E-state index in [0.717, 1.165) is 12.0 Å². The summed E-state index contributed by atoms with van der Waals surface area (Å²) in [7, 11) is 0. The molecular formula is C17H16N4O2. The lowest BCUT2D eigenvalue weighted by Crippen LogP contribution is -2.26. The van der Waals surface area contributed by atoms with Crippen LogP contribution in [0.4, 0.5) is 0 Å². The summed E-state index contributed by atoms with van der Waals surface area (Å²) >= 11 is 0. The normalized spacial score (nSPS) is 10.5. The van der Waals surface area contributed by atoms with Crippen molar-refractivity contribution in [2.45, 2.75) is 13.3 Å². The minimum Gasteiger partial charge on any atom is -0.412 e. The molecule has 0 spiro atoms. The van der Waals surface area contributed by atoms with Gasteiger partial charge in [0.2, 0.25) is 5.89 Å². The average Bonchev–Trinajstić information content (AvgIpc) is 3.07. The Labute approximate surface area is 133 Å². The predicted octanol–water partition coefficient (Wildman–Crippen LogP) is 2.41. The van der Waals surface area contributed by atoms with Crippen molar-refractivity contribution in [2.75, 3.05) is 6.54 Å². The van der Waals surface area contributed by atoms with Crippen LogP contribution < -0.4 is 5.32 Å². The second kappa shape index (κ2) is 6.83. The number of benzene rings is 1. The van der Waals surface area contributed by atoms with Crippen molar-refractivity contribution in [3.8, 4) is 11.5 Å². The van der Waals surface area contributed by atoms with Crippen molar-refractivity contribution in [1.82, 2.24) is 20.5 Å². The number of amides is 1. The van der Waals surface area contributed by atoms with E-state index in [1.807, 2.05) is 6.92 Å². The average molecular weight is 308 g/mol. The quantitative estimate of drug-likeness (QED) is 0.783. The van der Waals surface area contributed by atoms with E-state index in [1.54, 1.807) is 24.5 Å². The third-order valence-electron chi connectivity index (χ3n) is 3.35. The number of carbonyl (C=O) groups is 1. The van der Waals surface area contributed by atoms with Gasteiger partial charge in [0, 0.05) is 18.9 Å². The Bertz CT molecular complexity index is 782. The zero-order chi connectivity index (χ0) is 16.1. The van der Waals surface area contributed by atoms with Gasteiger partial charge in [-0.25, -0.2) is 0 Å². The maximum atomic E-state index is 12.0. The van der Waals surface area contributed by atoms with Crippen molar-refractivity contribution < 1.29 is 9.21 Å². The van der Waals surface area contributed by atoms with E-state index in [4.69, 9.17) is 4.42 Å². The summed E-state index contributed by atoms with van der Waals surface area (Å²) in [6, 6.07) is 11.8. The molecule has 1 N–H and O–H groups in total.